The van der Waals surface area contributed by atoms with Crippen molar-refractivity contribution in [2.24, 2.45) is 0 Å². The lowest BCUT2D eigenvalue weighted by Gasteiger charge is -2.15. The third-order valence-electron chi connectivity index (χ3n) is 1.35. The van der Waals surface area contributed by atoms with Gasteiger partial charge < -0.3 is 4.90 Å². The normalized spacial score (nSPS) is 14.3. The molecule has 0 unspecified atom stereocenters. The highest BCUT2D eigenvalue weighted by molar-refractivity contribution is 5.01. The van der Waals surface area contributed by atoms with Gasteiger partial charge in [0.1, 0.15) is 0 Å². The van der Waals surface area contributed by atoms with Crippen LogP contribution in [-0.4, -0.2) is 11.4 Å². The number of allylic oxidation sites excluding steroid dienone is 2. The van der Waals surface area contributed by atoms with Gasteiger partial charge in [-0.3, -0.25) is 0 Å². The van der Waals surface area contributed by atoms with Gasteiger partial charge in [0.15, 0.2) is 0 Å². The molecule has 1 aliphatic heterocycles. The summed E-state index contributed by atoms with van der Waals surface area (Å²) in [6, 6.07) is 0. The lowest BCUT2D eigenvalue weighted by molar-refractivity contribution is 0.494. The Morgan fingerprint density at radius 2 is 1.73 bits per heavy atom. The summed E-state index contributed by atoms with van der Waals surface area (Å²) < 4.78 is 0. The Kier molecular flexibility index (Phi) is 6.90. The van der Waals surface area contributed by atoms with Crippen LogP contribution in [0.2, 0.25) is 0 Å². The molecule has 0 aromatic carbocycles. The third-order valence-corrected chi connectivity index (χ3v) is 1.35. The molecular weight excluding hydrogens is 134 g/mol. The molecule has 1 heterocycles. The smallest absolute Gasteiger partial charge is 0.0216 e. The highest BCUT2D eigenvalue weighted by Crippen LogP contribution is 2.02. The van der Waals surface area contributed by atoms with Crippen LogP contribution in [-0.2, 0) is 0 Å². The van der Waals surface area contributed by atoms with E-state index in [1.807, 2.05) is 13.8 Å². The second-order valence-electron chi connectivity index (χ2n) is 2.24. The minimum absolute atomic E-state index is 1.10. The zero-order valence-corrected chi connectivity index (χ0v) is 7.88. The topological polar surface area (TPSA) is 3.24 Å². The van der Waals surface area contributed by atoms with Gasteiger partial charge in [-0.25, -0.2) is 0 Å². The highest BCUT2D eigenvalue weighted by Gasteiger charge is 1.92. The van der Waals surface area contributed by atoms with Crippen LogP contribution >= 0.6 is 0 Å². The maximum atomic E-state index is 2.21. The SMILES string of the molecule is CC.CCCN1C=CCC=C1. The molecule has 0 N–H and O–H groups in total. The molecule has 0 saturated heterocycles. The van der Waals surface area contributed by atoms with E-state index in [9.17, 15) is 0 Å². The largest absolute Gasteiger partial charge is 0.355 e. The van der Waals surface area contributed by atoms with E-state index in [2.05, 4.69) is 36.4 Å². The summed E-state index contributed by atoms with van der Waals surface area (Å²) in [4.78, 5) is 2.21. The van der Waals surface area contributed by atoms with E-state index >= 15 is 0 Å². The van der Waals surface area contributed by atoms with Gasteiger partial charge >= 0.3 is 0 Å². The third kappa shape index (κ3) is 4.65. The predicted octanol–water partition coefficient (Wildman–Crippen LogP) is 3.16. The molecule has 1 aliphatic rings. The van der Waals surface area contributed by atoms with Crippen LogP contribution in [0.5, 0.6) is 0 Å². The average molecular weight is 153 g/mol. The number of nitrogens with zero attached hydrogens (tertiary/aromatic N) is 1. The monoisotopic (exact) mass is 153 g/mol. The molecule has 1 heteroatoms. The standard InChI is InChI=1S/C8H13N.C2H6/c1-2-6-9-7-4-3-5-8-9;1-2/h4-5,7-8H,2-3,6H2,1H3;1-2H3. The summed E-state index contributed by atoms with van der Waals surface area (Å²) in [6.07, 6.45) is 11.0. The van der Waals surface area contributed by atoms with Gasteiger partial charge in [-0.05, 0) is 25.2 Å². The van der Waals surface area contributed by atoms with Crippen molar-refractivity contribution in [2.45, 2.75) is 33.6 Å². The lowest BCUT2D eigenvalue weighted by Crippen LogP contribution is -2.11. The Hall–Kier alpha value is -0.720. The van der Waals surface area contributed by atoms with Gasteiger partial charge in [0.25, 0.3) is 0 Å². The van der Waals surface area contributed by atoms with E-state index in [-0.39, 0.29) is 0 Å². The minimum Gasteiger partial charge on any atom is -0.355 e. The van der Waals surface area contributed by atoms with Crippen molar-refractivity contribution in [3.63, 3.8) is 0 Å². The molecule has 11 heavy (non-hydrogen) atoms. The van der Waals surface area contributed by atoms with E-state index in [1.54, 1.807) is 0 Å². The van der Waals surface area contributed by atoms with Crippen LogP contribution < -0.4 is 0 Å². The Morgan fingerprint density at radius 1 is 1.18 bits per heavy atom. The molecule has 0 atom stereocenters. The van der Waals surface area contributed by atoms with Crippen molar-refractivity contribution in [3.05, 3.63) is 24.6 Å². The minimum atomic E-state index is 1.10. The Morgan fingerprint density at radius 3 is 2.18 bits per heavy atom. The predicted molar refractivity (Wildman–Crippen MR) is 51.2 cm³/mol. The van der Waals surface area contributed by atoms with Gasteiger partial charge in [-0.2, -0.15) is 0 Å². The van der Waals surface area contributed by atoms with E-state index < -0.39 is 0 Å². The first kappa shape index (κ1) is 10.3. The van der Waals surface area contributed by atoms with Crippen molar-refractivity contribution in [2.75, 3.05) is 6.54 Å². The zero-order valence-electron chi connectivity index (χ0n) is 7.88. The maximum absolute atomic E-state index is 2.21. The number of hydrogen-bond acceptors (Lipinski definition) is 1. The van der Waals surface area contributed by atoms with E-state index in [4.69, 9.17) is 0 Å². The van der Waals surface area contributed by atoms with Crippen molar-refractivity contribution in [3.8, 4) is 0 Å². The summed E-state index contributed by atoms with van der Waals surface area (Å²) >= 11 is 0. The van der Waals surface area contributed by atoms with Crippen molar-refractivity contribution in [1.29, 1.82) is 0 Å². The van der Waals surface area contributed by atoms with Gasteiger partial charge in [0.2, 0.25) is 0 Å². The zero-order chi connectivity index (χ0) is 8.53. The molecule has 0 fully saturated rings. The molecule has 0 saturated carbocycles. The van der Waals surface area contributed by atoms with Crippen LogP contribution in [0.3, 0.4) is 0 Å². The van der Waals surface area contributed by atoms with Crippen LogP contribution in [0.25, 0.3) is 0 Å². The van der Waals surface area contributed by atoms with Gasteiger partial charge in [-0.15, -0.1) is 0 Å². The summed E-state index contributed by atoms with van der Waals surface area (Å²) in [5, 5.41) is 0. The molecule has 64 valence electrons. The van der Waals surface area contributed by atoms with Crippen molar-refractivity contribution < 1.29 is 0 Å². The quantitative estimate of drug-likeness (QED) is 0.589. The van der Waals surface area contributed by atoms with Gasteiger partial charge in [0.05, 0.1) is 0 Å². The summed E-state index contributed by atoms with van der Waals surface area (Å²) in [7, 11) is 0. The lowest BCUT2D eigenvalue weighted by atomic mass is 10.3. The van der Waals surface area contributed by atoms with Gasteiger partial charge in [0, 0.05) is 6.54 Å². The fourth-order valence-electron chi connectivity index (χ4n) is 0.928. The first-order chi connectivity index (χ1) is 5.43. The average Bonchev–Trinajstić information content (AvgIpc) is 2.11. The molecule has 0 bridgehead atoms. The molecule has 0 radical (unpaired) electrons. The van der Waals surface area contributed by atoms with Crippen molar-refractivity contribution in [1.82, 2.24) is 4.90 Å². The van der Waals surface area contributed by atoms with E-state index in [1.165, 1.54) is 6.42 Å². The Labute approximate surface area is 70.4 Å². The molecule has 0 aromatic heterocycles. The molecule has 0 amide bonds. The Bertz CT molecular complexity index is 113. The Balaban J connectivity index is 0.000000461. The number of hydrogen-bond donors (Lipinski definition) is 0. The van der Waals surface area contributed by atoms with Gasteiger partial charge in [-0.1, -0.05) is 32.9 Å². The summed E-state index contributed by atoms with van der Waals surface area (Å²) in [6.45, 7) is 7.34. The van der Waals surface area contributed by atoms with Crippen molar-refractivity contribution >= 4 is 0 Å². The van der Waals surface area contributed by atoms with E-state index in [0.29, 0.717) is 0 Å². The summed E-state index contributed by atoms with van der Waals surface area (Å²) in [5.41, 5.74) is 0. The second kappa shape index (κ2) is 7.39. The van der Waals surface area contributed by atoms with E-state index in [0.717, 1.165) is 13.0 Å². The fraction of sp³-hybridized carbons (Fsp3) is 0.600. The molecule has 0 aliphatic carbocycles. The molecule has 1 rings (SSSR count). The second-order valence-corrected chi connectivity index (χ2v) is 2.24. The van der Waals surface area contributed by atoms with Crippen LogP contribution in [0.4, 0.5) is 0 Å². The first-order valence-corrected chi connectivity index (χ1v) is 4.52. The highest BCUT2D eigenvalue weighted by atomic mass is 15.1. The number of rotatable bonds is 2. The molecule has 0 spiro atoms. The first-order valence-electron chi connectivity index (χ1n) is 4.52. The molecule has 1 nitrogen and oxygen atoms in total. The maximum Gasteiger partial charge on any atom is 0.0216 e. The van der Waals surface area contributed by atoms with Crippen LogP contribution in [0.1, 0.15) is 33.6 Å². The summed E-state index contributed by atoms with van der Waals surface area (Å²) in [5.74, 6) is 0. The molecular formula is C10H19N. The molecule has 0 aromatic rings. The fourth-order valence-corrected chi connectivity index (χ4v) is 0.928. The van der Waals surface area contributed by atoms with Crippen LogP contribution in [0, 0.1) is 0 Å². The van der Waals surface area contributed by atoms with Crippen LogP contribution in [0.15, 0.2) is 24.6 Å².